The van der Waals surface area contributed by atoms with E-state index in [1.807, 2.05) is 0 Å². The lowest BCUT2D eigenvalue weighted by atomic mass is 9.97. The molecule has 0 aliphatic carbocycles. The second-order valence-electron chi connectivity index (χ2n) is 4.43. The van der Waals surface area contributed by atoms with Gasteiger partial charge in [-0.25, -0.2) is 4.74 Å². The Morgan fingerprint density at radius 3 is 0.963 bits per heavy atom. The largest absolute Gasteiger partial charge is 0.460 e. The van der Waals surface area contributed by atoms with Crippen LogP contribution in [0.1, 0.15) is 0 Å². The predicted octanol–water partition coefficient (Wildman–Crippen LogP) is 6.12. The highest BCUT2D eigenvalue weighted by Gasteiger charge is 2.92. The molecule has 0 saturated carbocycles. The van der Waals surface area contributed by atoms with Crippen molar-refractivity contribution in [2.45, 2.75) is 47.5 Å². The van der Waals surface area contributed by atoms with Gasteiger partial charge < -0.3 is 0 Å². The van der Waals surface area contributed by atoms with E-state index >= 15 is 0 Å². The summed E-state index contributed by atoms with van der Waals surface area (Å²) in [6.07, 6.45) is -22.6. The van der Waals surface area contributed by atoms with Crippen molar-refractivity contribution in [1.29, 1.82) is 0 Å². The summed E-state index contributed by atoms with van der Waals surface area (Å²) in [4.78, 5) is 0. The van der Waals surface area contributed by atoms with Crippen LogP contribution in [0.3, 0.4) is 0 Å². The zero-order valence-electron chi connectivity index (χ0n) is 11.2. The Kier molecular flexibility index (Phi) is 6.06. The van der Waals surface area contributed by atoms with Gasteiger partial charge in [0.15, 0.2) is 0 Å². The summed E-state index contributed by atoms with van der Waals surface area (Å²) < 4.78 is 212. The predicted molar refractivity (Wildman–Crippen MR) is 47.6 cm³/mol. The molecule has 0 fully saturated rings. The second-order valence-corrected chi connectivity index (χ2v) is 4.90. The fraction of sp³-hybridized carbons (Fsp3) is 1.00. The SMILES string of the molecule is FC(F)(F)C(F)(F)C(F)(F)C(F)(F)C(F)(F)C(F)(F)OC(F)(F)C(F)(F)Cl. The van der Waals surface area contributed by atoms with Crippen molar-refractivity contribution < 1.29 is 79.4 Å². The van der Waals surface area contributed by atoms with Crippen LogP contribution in [0.2, 0.25) is 0 Å². The van der Waals surface area contributed by atoms with E-state index in [0.717, 1.165) is 0 Å². The molecule has 0 aromatic rings. The summed E-state index contributed by atoms with van der Waals surface area (Å²) in [7, 11) is 0. The first-order valence-electron chi connectivity index (χ1n) is 5.31. The van der Waals surface area contributed by atoms with Crippen molar-refractivity contribution in [3.63, 3.8) is 0 Å². The fourth-order valence-corrected chi connectivity index (χ4v) is 1.08. The van der Waals surface area contributed by atoms with Crippen LogP contribution < -0.4 is 0 Å². The Labute approximate surface area is 140 Å². The van der Waals surface area contributed by atoms with Crippen LogP contribution in [0.25, 0.3) is 0 Å². The minimum atomic E-state index is -8.47. The molecule has 164 valence electrons. The van der Waals surface area contributed by atoms with Crippen LogP contribution in [0.15, 0.2) is 0 Å². The molecule has 1 nitrogen and oxygen atoms in total. The van der Waals surface area contributed by atoms with Crippen molar-refractivity contribution in [2.24, 2.45) is 0 Å². The molecular formula is C8ClF17O. The molecule has 19 heteroatoms. The van der Waals surface area contributed by atoms with Gasteiger partial charge in [-0.3, -0.25) is 0 Å². The third-order valence-electron chi connectivity index (χ3n) is 2.49. The molecule has 0 spiro atoms. The molecule has 0 N–H and O–H groups in total. The zero-order chi connectivity index (χ0) is 22.7. The van der Waals surface area contributed by atoms with Crippen molar-refractivity contribution in [1.82, 2.24) is 0 Å². The van der Waals surface area contributed by atoms with Crippen molar-refractivity contribution in [2.75, 3.05) is 0 Å². The van der Waals surface area contributed by atoms with Crippen molar-refractivity contribution >= 4 is 11.6 Å². The normalized spacial score (nSPS) is 16.7. The van der Waals surface area contributed by atoms with E-state index in [-0.39, 0.29) is 0 Å². The molecule has 0 rings (SSSR count). The lowest BCUT2D eigenvalue weighted by Crippen LogP contribution is -2.71. The Hall–Kier alpha value is -0.940. The standard InChI is InChI=1S/C8ClF17O/c9-5(18,19)8(25,26)27-7(23,24)4(16,17)2(12,13)1(10,11)3(14,15)6(20,21)22. The maximum atomic E-state index is 12.9. The van der Waals surface area contributed by atoms with Gasteiger partial charge in [0.2, 0.25) is 0 Å². The van der Waals surface area contributed by atoms with Crippen LogP contribution >= 0.6 is 11.6 Å². The van der Waals surface area contributed by atoms with E-state index < -0.39 is 47.5 Å². The summed E-state index contributed by atoms with van der Waals surface area (Å²) in [6, 6.07) is 0. The van der Waals surface area contributed by atoms with E-state index in [1.54, 1.807) is 0 Å². The summed E-state index contributed by atoms with van der Waals surface area (Å²) in [5.41, 5.74) is 0. The van der Waals surface area contributed by atoms with Crippen molar-refractivity contribution in [3.8, 4) is 0 Å². The maximum absolute atomic E-state index is 12.9. The van der Waals surface area contributed by atoms with E-state index in [4.69, 9.17) is 0 Å². The molecule has 0 bridgehead atoms. The first kappa shape index (κ1) is 26.1. The van der Waals surface area contributed by atoms with Gasteiger partial charge in [0.1, 0.15) is 0 Å². The van der Waals surface area contributed by atoms with Gasteiger partial charge in [-0.2, -0.15) is 74.6 Å². The van der Waals surface area contributed by atoms with Gasteiger partial charge in [0.05, 0.1) is 0 Å². The topological polar surface area (TPSA) is 9.23 Å². The Bertz CT molecular complexity index is 542. The fourth-order valence-electron chi connectivity index (χ4n) is 1.04. The lowest BCUT2D eigenvalue weighted by Gasteiger charge is -2.40. The van der Waals surface area contributed by atoms with Crippen LogP contribution in [-0.4, -0.2) is 47.5 Å². The molecular weight excluding hydrogens is 471 g/mol. The highest BCUT2D eigenvalue weighted by Crippen LogP contribution is 2.61. The molecule has 0 aliphatic heterocycles. The number of ether oxygens (including phenoxy) is 1. The molecule has 0 unspecified atom stereocenters. The van der Waals surface area contributed by atoms with E-state index in [9.17, 15) is 74.6 Å². The summed E-state index contributed by atoms with van der Waals surface area (Å²) in [6.45, 7) is 0. The number of alkyl halides is 18. The minimum Gasteiger partial charge on any atom is -0.244 e. The van der Waals surface area contributed by atoms with Crippen LogP contribution in [0, 0.1) is 0 Å². The Morgan fingerprint density at radius 2 is 0.704 bits per heavy atom. The average molecular weight is 471 g/mol. The van der Waals surface area contributed by atoms with Crippen molar-refractivity contribution in [3.05, 3.63) is 0 Å². The number of hydrogen-bond donors (Lipinski definition) is 0. The van der Waals surface area contributed by atoms with E-state index in [2.05, 4.69) is 11.6 Å². The third-order valence-corrected chi connectivity index (χ3v) is 2.71. The highest BCUT2D eigenvalue weighted by molar-refractivity contribution is 6.22. The molecule has 0 aliphatic rings. The van der Waals surface area contributed by atoms with E-state index in [0.29, 0.717) is 0 Å². The van der Waals surface area contributed by atoms with Crippen LogP contribution in [0.4, 0.5) is 74.6 Å². The van der Waals surface area contributed by atoms with E-state index in [1.165, 1.54) is 4.74 Å². The van der Waals surface area contributed by atoms with Crippen LogP contribution in [0.5, 0.6) is 0 Å². The summed E-state index contributed by atoms with van der Waals surface area (Å²) >= 11 is 3.43. The quantitative estimate of drug-likeness (QED) is 0.322. The smallest absolute Gasteiger partial charge is 0.244 e. The van der Waals surface area contributed by atoms with Gasteiger partial charge in [-0.05, 0) is 11.6 Å². The number of hydrogen-bond acceptors (Lipinski definition) is 1. The summed E-state index contributed by atoms with van der Waals surface area (Å²) in [5, 5.41) is -6.36. The molecule has 0 radical (unpaired) electrons. The van der Waals surface area contributed by atoms with Gasteiger partial charge in [-0.1, -0.05) is 0 Å². The van der Waals surface area contributed by atoms with Gasteiger partial charge in [0.25, 0.3) is 0 Å². The highest BCUT2D eigenvalue weighted by atomic mass is 35.5. The average Bonchev–Trinajstić information content (AvgIpc) is 2.33. The lowest BCUT2D eigenvalue weighted by molar-refractivity contribution is -0.502. The van der Waals surface area contributed by atoms with Gasteiger partial charge >= 0.3 is 47.5 Å². The Morgan fingerprint density at radius 1 is 0.407 bits per heavy atom. The minimum absolute atomic E-state index is 1.30. The third kappa shape index (κ3) is 3.82. The molecule has 0 aromatic heterocycles. The molecule has 0 atom stereocenters. The van der Waals surface area contributed by atoms with Gasteiger partial charge in [0, 0.05) is 0 Å². The maximum Gasteiger partial charge on any atom is 0.460 e. The second kappa shape index (κ2) is 6.28. The zero-order valence-corrected chi connectivity index (χ0v) is 12.0. The molecule has 0 heterocycles. The first-order valence-corrected chi connectivity index (χ1v) is 5.69. The monoisotopic (exact) mass is 470 g/mol. The molecule has 0 aromatic carbocycles. The first-order chi connectivity index (χ1) is 11.2. The number of halogens is 18. The molecule has 27 heavy (non-hydrogen) atoms. The summed E-state index contributed by atoms with van der Waals surface area (Å²) in [5.74, 6) is -33.3. The molecule has 0 saturated heterocycles. The molecule has 0 amide bonds. The Balaban J connectivity index is 6.32. The van der Waals surface area contributed by atoms with Crippen LogP contribution in [-0.2, 0) is 4.74 Å². The van der Waals surface area contributed by atoms with Gasteiger partial charge in [-0.15, -0.1) is 0 Å². The number of rotatable bonds is 7.